The minimum atomic E-state index is -4.41. The minimum Gasteiger partial charge on any atom is -0.384 e. The summed E-state index contributed by atoms with van der Waals surface area (Å²) in [4.78, 5) is 13.9. The Kier molecular flexibility index (Phi) is 5.88. The largest absolute Gasteiger partial charge is 0.416 e. The number of methoxy groups -OCH3 is 1. The predicted octanol–water partition coefficient (Wildman–Crippen LogP) is 4.22. The first-order valence-corrected chi connectivity index (χ1v) is 9.31. The molecule has 1 aromatic heterocycles. The van der Waals surface area contributed by atoms with Gasteiger partial charge in [0.2, 0.25) is 11.8 Å². The molecule has 1 atom stereocenters. The molecule has 0 radical (unpaired) electrons. The smallest absolute Gasteiger partial charge is 0.384 e. The van der Waals surface area contributed by atoms with Crippen molar-refractivity contribution in [2.24, 2.45) is 0 Å². The Hall–Kier alpha value is -2.55. The lowest BCUT2D eigenvalue weighted by molar-refractivity contribution is -0.137. The summed E-state index contributed by atoms with van der Waals surface area (Å²) in [6.45, 7) is 4.85. The first-order valence-electron chi connectivity index (χ1n) is 9.31. The highest BCUT2D eigenvalue weighted by molar-refractivity contribution is 5.96. The van der Waals surface area contributed by atoms with Gasteiger partial charge in [0.15, 0.2) is 0 Å². The molecule has 1 amide bonds. The molecule has 6 nitrogen and oxygen atoms in total. The molecule has 1 fully saturated rings. The number of anilines is 2. The van der Waals surface area contributed by atoms with Crippen LogP contribution in [0.1, 0.15) is 37.9 Å². The Bertz CT molecular complexity index is 847. The van der Waals surface area contributed by atoms with Gasteiger partial charge < -0.3 is 19.5 Å². The van der Waals surface area contributed by atoms with E-state index in [0.717, 1.165) is 17.8 Å². The number of aromatic nitrogens is 1. The summed E-state index contributed by atoms with van der Waals surface area (Å²) in [7, 11) is 1.62. The van der Waals surface area contributed by atoms with Crippen molar-refractivity contribution in [1.29, 1.82) is 0 Å². The Labute approximate surface area is 167 Å². The van der Waals surface area contributed by atoms with Crippen molar-refractivity contribution in [2.75, 3.05) is 30.5 Å². The van der Waals surface area contributed by atoms with Gasteiger partial charge in [0.25, 0.3) is 0 Å². The zero-order chi connectivity index (χ0) is 21.2. The number of hydrogen-bond acceptors (Lipinski definition) is 5. The van der Waals surface area contributed by atoms with E-state index in [9.17, 15) is 18.0 Å². The average Bonchev–Trinajstić information content (AvgIpc) is 3.26. The van der Waals surface area contributed by atoms with Gasteiger partial charge in [-0.15, -0.1) is 0 Å². The van der Waals surface area contributed by atoms with Crippen LogP contribution in [-0.2, 0) is 21.1 Å². The quantitative estimate of drug-likeness (QED) is 0.739. The first-order chi connectivity index (χ1) is 13.6. The Balaban J connectivity index is 1.68. The van der Waals surface area contributed by atoms with E-state index in [4.69, 9.17) is 9.26 Å². The fourth-order valence-electron chi connectivity index (χ4n) is 3.43. The van der Waals surface area contributed by atoms with Gasteiger partial charge in [-0.05, 0) is 30.7 Å². The average molecular weight is 411 g/mol. The van der Waals surface area contributed by atoms with Crippen molar-refractivity contribution in [3.63, 3.8) is 0 Å². The number of ether oxygens (including phenoxy) is 1. The highest BCUT2D eigenvalue weighted by atomic mass is 19.4. The van der Waals surface area contributed by atoms with Crippen LogP contribution in [0.3, 0.4) is 0 Å². The number of amides is 1. The van der Waals surface area contributed by atoms with Gasteiger partial charge in [0.1, 0.15) is 0 Å². The van der Waals surface area contributed by atoms with E-state index in [1.807, 2.05) is 13.8 Å². The van der Waals surface area contributed by atoms with Crippen LogP contribution in [0.25, 0.3) is 0 Å². The first kappa shape index (κ1) is 21.2. The highest BCUT2D eigenvalue weighted by Crippen LogP contribution is 2.33. The van der Waals surface area contributed by atoms with Crippen LogP contribution < -0.4 is 10.2 Å². The number of benzene rings is 1. The van der Waals surface area contributed by atoms with E-state index in [-0.39, 0.29) is 17.4 Å². The van der Waals surface area contributed by atoms with Gasteiger partial charge in [0.05, 0.1) is 23.9 Å². The van der Waals surface area contributed by atoms with Crippen LogP contribution >= 0.6 is 0 Å². The van der Waals surface area contributed by atoms with Crippen molar-refractivity contribution in [3.8, 4) is 0 Å². The lowest BCUT2D eigenvalue weighted by Crippen LogP contribution is -2.37. The molecule has 0 bridgehead atoms. The molecule has 0 aliphatic carbocycles. The summed E-state index contributed by atoms with van der Waals surface area (Å²) >= 11 is 0. The second-order valence-electron chi connectivity index (χ2n) is 7.78. The predicted molar refractivity (Wildman–Crippen MR) is 102 cm³/mol. The number of rotatable bonds is 7. The molecule has 1 aliphatic rings. The molecule has 3 rings (SSSR count). The van der Waals surface area contributed by atoms with Gasteiger partial charge in [0, 0.05) is 37.2 Å². The highest BCUT2D eigenvalue weighted by Gasteiger charge is 2.34. The molecule has 1 aliphatic heterocycles. The van der Waals surface area contributed by atoms with Gasteiger partial charge in [-0.2, -0.15) is 13.2 Å². The minimum absolute atomic E-state index is 0.115. The second kappa shape index (κ2) is 8.06. The molecule has 1 N–H and O–H groups in total. The summed E-state index contributed by atoms with van der Waals surface area (Å²) in [6, 6.07) is 6.24. The maximum absolute atomic E-state index is 12.8. The summed E-state index contributed by atoms with van der Waals surface area (Å²) in [5.41, 5.74) is 0.138. The molecule has 9 heteroatoms. The van der Waals surface area contributed by atoms with Crippen molar-refractivity contribution in [3.05, 3.63) is 41.6 Å². The van der Waals surface area contributed by atoms with E-state index in [1.165, 1.54) is 12.1 Å². The molecule has 0 saturated carbocycles. The third-order valence-corrected chi connectivity index (χ3v) is 5.02. The standard InChI is InChI=1S/C20H24F3N3O3/c1-19(2,12-28-3)16-10-17(29-25-16)24-11-15-8-9-18(27)26(15)14-6-4-13(5-7-14)20(21,22)23/h4-7,10,15,24H,8-9,11-12H2,1-3H3/t15-/m0/s1. The van der Waals surface area contributed by atoms with Crippen LogP contribution in [0.4, 0.5) is 24.7 Å². The normalized spacial score (nSPS) is 17.8. The summed E-state index contributed by atoms with van der Waals surface area (Å²) in [6.07, 6.45) is -3.46. The van der Waals surface area contributed by atoms with Crippen LogP contribution in [0.5, 0.6) is 0 Å². The second-order valence-corrected chi connectivity index (χ2v) is 7.78. The van der Waals surface area contributed by atoms with Crippen LogP contribution in [0.15, 0.2) is 34.9 Å². The lowest BCUT2D eigenvalue weighted by Gasteiger charge is -2.25. The van der Waals surface area contributed by atoms with Crippen molar-refractivity contribution >= 4 is 17.5 Å². The van der Waals surface area contributed by atoms with Gasteiger partial charge in [-0.3, -0.25) is 4.79 Å². The lowest BCUT2D eigenvalue weighted by atomic mass is 9.90. The van der Waals surface area contributed by atoms with Crippen LogP contribution in [0.2, 0.25) is 0 Å². The van der Waals surface area contributed by atoms with Gasteiger partial charge >= 0.3 is 6.18 Å². The SMILES string of the molecule is COCC(C)(C)c1cc(NC[C@@H]2CCC(=O)N2c2ccc(C(F)(F)F)cc2)on1. The molecule has 1 saturated heterocycles. The molecular weight excluding hydrogens is 387 g/mol. The fourth-order valence-corrected chi connectivity index (χ4v) is 3.43. The van der Waals surface area contributed by atoms with Crippen molar-refractivity contribution in [1.82, 2.24) is 5.16 Å². The Morgan fingerprint density at radius 3 is 2.59 bits per heavy atom. The number of halogens is 3. The van der Waals surface area contributed by atoms with E-state index >= 15 is 0 Å². The number of carbonyl (C=O) groups excluding carboxylic acids is 1. The van der Waals surface area contributed by atoms with E-state index in [2.05, 4.69) is 10.5 Å². The zero-order valence-corrected chi connectivity index (χ0v) is 16.5. The Morgan fingerprint density at radius 1 is 1.28 bits per heavy atom. The monoisotopic (exact) mass is 411 g/mol. The van der Waals surface area contributed by atoms with Gasteiger partial charge in [-0.25, -0.2) is 0 Å². The third kappa shape index (κ3) is 4.72. The fraction of sp³-hybridized carbons (Fsp3) is 0.500. The topological polar surface area (TPSA) is 67.6 Å². The third-order valence-electron chi connectivity index (χ3n) is 5.02. The van der Waals surface area contributed by atoms with Crippen LogP contribution in [-0.4, -0.2) is 37.4 Å². The molecule has 1 aromatic carbocycles. The number of carbonyl (C=O) groups is 1. The molecule has 0 spiro atoms. The molecule has 2 aromatic rings. The molecule has 0 unspecified atom stereocenters. The molecular formula is C20H24F3N3O3. The summed E-state index contributed by atoms with van der Waals surface area (Å²) < 4.78 is 48.9. The number of hydrogen-bond donors (Lipinski definition) is 1. The maximum atomic E-state index is 12.8. The zero-order valence-electron chi connectivity index (χ0n) is 16.5. The Morgan fingerprint density at radius 2 is 1.97 bits per heavy atom. The number of nitrogens with zero attached hydrogens (tertiary/aromatic N) is 2. The summed E-state index contributed by atoms with van der Waals surface area (Å²) in [5.74, 6) is 0.354. The van der Waals surface area contributed by atoms with Crippen LogP contribution in [0, 0.1) is 0 Å². The molecule has 2 heterocycles. The molecule has 29 heavy (non-hydrogen) atoms. The van der Waals surface area contributed by atoms with Crippen molar-refractivity contribution < 1.29 is 27.2 Å². The van der Waals surface area contributed by atoms with Gasteiger partial charge in [-0.1, -0.05) is 19.0 Å². The van der Waals surface area contributed by atoms with E-state index in [1.54, 1.807) is 18.1 Å². The van der Waals surface area contributed by atoms with Crippen molar-refractivity contribution in [2.45, 2.75) is 44.3 Å². The summed E-state index contributed by atoms with van der Waals surface area (Å²) in [5, 5.41) is 7.21. The number of nitrogens with one attached hydrogen (secondary N) is 1. The maximum Gasteiger partial charge on any atom is 0.416 e. The van der Waals surface area contributed by atoms with E-state index in [0.29, 0.717) is 37.6 Å². The number of alkyl halides is 3. The van der Waals surface area contributed by atoms with E-state index < -0.39 is 11.7 Å². The molecule has 158 valence electrons.